The Morgan fingerprint density at radius 3 is 1.68 bits per heavy atom. The number of para-hydroxylation sites is 4. The van der Waals surface area contributed by atoms with Gasteiger partial charge in [-0.15, -0.1) is 0 Å². The molecule has 0 bridgehead atoms. The van der Waals surface area contributed by atoms with Crippen molar-refractivity contribution in [1.29, 1.82) is 0 Å². The molecule has 0 saturated carbocycles. The zero-order valence-corrected chi connectivity index (χ0v) is 22.4. The van der Waals surface area contributed by atoms with Gasteiger partial charge in [-0.1, -0.05) is 78.9 Å². The first-order valence-corrected chi connectivity index (χ1v) is 14.7. The molecule has 5 aromatic carbocycles. The van der Waals surface area contributed by atoms with E-state index in [2.05, 4.69) is 10.6 Å². The van der Waals surface area contributed by atoms with Crippen LogP contribution in [0.1, 0.15) is 0 Å². The third-order valence-corrected chi connectivity index (χ3v) is 8.26. The summed E-state index contributed by atoms with van der Waals surface area (Å²) >= 11 is 0. The van der Waals surface area contributed by atoms with E-state index in [9.17, 15) is 21.6 Å². The number of carbonyl (C=O) groups is 1. The van der Waals surface area contributed by atoms with Crippen LogP contribution in [0.4, 0.5) is 16.2 Å². The molecular weight excluding hydrogens is 552 g/mol. The average molecular weight is 575 g/mol. The first-order chi connectivity index (χ1) is 19.2. The van der Waals surface area contributed by atoms with Crippen molar-refractivity contribution in [3.8, 4) is 11.5 Å². The lowest BCUT2D eigenvalue weighted by atomic mass is 10.1. The van der Waals surface area contributed by atoms with Crippen LogP contribution in [0.15, 0.2) is 131 Å². The van der Waals surface area contributed by atoms with Gasteiger partial charge in [0, 0.05) is 5.39 Å². The maximum atomic E-state index is 13.2. The van der Waals surface area contributed by atoms with Crippen LogP contribution in [0.2, 0.25) is 0 Å². The molecule has 0 heterocycles. The summed E-state index contributed by atoms with van der Waals surface area (Å²) in [5.74, 6) is -0.216. The lowest BCUT2D eigenvalue weighted by Gasteiger charge is -2.15. The second-order valence-electron chi connectivity index (χ2n) is 8.44. The van der Waals surface area contributed by atoms with E-state index < -0.39 is 26.3 Å². The van der Waals surface area contributed by atoms with Crippen molar-refractivity contribution >= 4 is 48.4 Å². The highest BCUT2D eigenvalue weighted by Crippen LogP contribution is 2.31. The summed E-state index contributed by atoms with van der Waals surface area (Å²) in [6.07, 6.45) is 0. The monoisotopic (exact) mass is 574 g/mol. The normalized spacial score (nSPS) is 11.5. The molecule has 11 heteroatoms. The number of benzene rings is 5. The van der Waals surface area contributed by atoms with E-state index in [-0.39, 0.29) is 32.7 Å². The van der Waals surface area contributed by atoms with Gasteiger partial charge in [-0.25, -0.2) is 4.79 Å². The molecule has 2 N–H and O–H groups in total. The largest absolute Gasteiger partial charge is 0.377 e. The third-order valence-electron chi connectivity index (χ3n) is 5.72. The smallest absolute Gasteiger partial charge is 0.339 e. The fraction of sp³-hybridized carbons (Fsp3) is 0. The standard InChI is InChI=1S/C29H22N2O7S2/c32-29(30-24-16-6-8-18-26(24)37-39(33,34)22-13-2-1-3-14-22)31-25-17-7-9-19-27(25)38-40(35,36)28-20-10-12-21-11-4-5-15-23(21)28/h1-20H,(H2,30,31,32). The summed E-state index contributed by atoms with van der Waals surface area (Å²) in [5, 5.41) is 6.31. The van der Waals surface area contributed by atoms with Crippen molar-refractivity contribution in [2.75, 3.05) is 10.6 Å². The molecule has 9 nitrogen and oxygen atoms in total. The van der Waals surface area contributed by atoms with Crippen LogP contribution >= 0.6 is 0 Å². The molecule has 0 atom stereocenters. The molecule has 0 aromatic heterocycles. The molecule has 2 amide bonds. The van der Waals surface area contributed by atoms with Crippen LogP contribution < -0.4 is 19.0 Å². The second-order valence-corrected chi connectivity index (χ2v) is 11.5. The van der Waals surface area contributed by atoms with Gasteiger partial charge in [-0.3, -0.25) is 0 Å². The molecule has 202 valence electrons. The third kappa shape index (κ3) is 5.90. The number of urea groups is 1. The van der Waals surface area contributed by atoms with Gasteiger partial charge in [0.1, 0.15) is 9.79 Å². The van der Waals surface area contributed by atoms with Crippen molar-refractivity contribution in [1.82, 2.24) is 0 Å². The Bertz CT molecular complexity index is 1900. The summed E-state index contributed by atoms with van der Waals surface area (Å²) in [5.41, 5.74) is 0.139. The highest BCUT2D eigenvalue weighted by atomic mass is 32.2. The minimum absolute atomic E-state index is 0.0180. The number of hydrogen-bond donors (Lipinski definition) is 2. The van der Waals surface area contributed by atoms with Crippen molar-refractivity contribution < 1.29 is 30.0 Å². The van der Waals surface area contributed by atoms with Crippen LogP contribution in [0.25, 0.3) is 10.8 Å². The van der Waals surface area contributed by atoms with Crippen LogP contribution in [0.3, 0.4) is 0 Å². The van der Waals surface area contributed by atoms with E-state index in [1.165, 1.54) is 42.5 Å². The van der Waals surface area contributed by atoms with Gasteiger partial charge in [0.15, 0.2) is 11.5 Å². The molecule has 0 aliphatic carbocycles. The Kier molecular flexibility index (Phi) is 7.41. The summed E-state index contributed by atoms with van der Waals surface area (Å²) in [4.78, 5) is 12.8. The van der Waals surface area contributed by atoms with E-state index in [0.717, 1.165) is 5.39 Å². The Balaban J connectivity index is 1.35. The van der Waals surface area contributed by atoms with Crippen LogP contribution in [0.5, 0.6) is 11.5 Å². The van der Waals surface area contributed by atoms with E-state index in [0.29, 0.717) is 5.39 Å². The Hall–Kier alpha value is -4.87. The lowest BCUT2D eigenvalue weighted by molar-refractivity contribution is 0.262. The minimum Gasteiger partial charge on any atom is -0.377 e. The Morgan fingerprint density at radius 1 is 0.525 bits per heavy atom. The fourth-order valence-electron chi connectivity index (χ4n) is 3.89. The highest BCUT2D eigenvalue weighted by Gasteiger charge is 2.22. The van der Waals surface area contributed by atoms with E-state index >= 15 is 0 Å². The van der Waals surface area contributed by atoms with Gasteiger partial charge < -0.3 is 19.0 Å². The molecule has 0 radical (unpaired) electrons. The number of carbonyl (C=O) groups excluding carboxylic acids is 1. The summed E-state index contributed by atoms with van der Waals surface area (Å²) in [7, 11) is -8.43. The van der Waals surface area contributed by atoms with E-state index in [4.69, 9.17) is 8.37 Å². The van der Waals surface area contributed by atoms with Gasteiger partial charge >= 0.3 is 26.3 Å². The lowest BCUT2D eigenvalue weighted by Crippen LogP contribution is -2.21. The molecule has 5 aromatic rings. The quantitative estimate of drug-likeness (QED) is 0.217. The van der Waals surface area contributed by atoms with Crippen LogP contribution in [-0.4, -0.2) is 22.9 Å². The highest BCUT2D eigenvalue weighted by molar-refractivity contribution is 7.87. The number of rotatable bonds is 8. The maximum Gasteiger partial charge on any atom is 0.339 e. The number of fused-ring (bicyclic) bond motifs is 1. The zero-order valence-electron chi connectivity index (χ0n) is 20.7. The Morgan fingerprint density at radius 2 is 1.02 bits per heavy atom. The van der Waals surface area contributed by atoms with E-state index in [1.54, 1.807) is 78.9 Å². The van der Waals surface area contributed by atoms with E-state index in [1.807, 2.05) is 0 Å². The van der Waals surface area contributed by atoms with Crippen LogP contribution in [0, 0.1) is 0 Å². The SMILES string of the molecule is O=C(Nc1ccccc1OS(=O)(=O)c1ccccc1)Nc1ccccc1OS(=O)(=O)c1cccc2ccccc12. The van der Waals surface area contributed by atoms with Gasteiger partial charge in [-0.2, -0.15) is 16.8 Å². The number of nitrogens with one attached hydrogen (secondary N) is 2. The molecule has 0 saturated heterocycles. The fourth-order valence-corrected chi connectivity index (χ4v) is 6.03. The average Bonchev–Trinajstić information content (AvgIpc) is 2.95. The van der Waals surface area contributed by atoms with Crippen molar-refractivity contribution in [3.05, 3.63) is 121 Å². The van der Waals surface area contributed by atoms with Gasteiger partial charge in [0.05, 0.1) is 11.4 Å². The second kappa shape index (κ2) is 11.1. The van der Waals surface area contributed by atoms with Gasteiger partial charge in [0.2, 0.25) is 0 Å². The molecule has 0 fully saturated rings. The summed E-state index contributed by atoms with van der Waals surface area (Å²) in [6, 6.07) is 30.7. The Labute approximate surface area is 231 Å². The molecule has 40 heavy (non-hydrogen) atoms. The predicted octanol–water partition coefficient (Wildman–Crippen LogP) is 6.02. The molecular formula is C29H22N2O7S2. The summed E-state index contributed by atoms with van der Waals surface area (Å²) < 4.78 is 62.5. The molecule has 0 aliphatic heterocycles. The molecule has 0 spiro atoms. The maximum absolute atomic E-state index is 13.2. The van der Waals surface area contributed by atoms with Crippen molar-refractivity contribution in [3.63, 3.8) is 0 Å². The van der Waals surface area contributed by atoms with Crippen molar-refractivity contribution in [2.24, 2.45) is 0 Å². The van der Waals surface area contributed by atoms with Crippen molar-refractivity contribution in [2.45, 2.75) is 9.79 Å². The van der Waals surface area contributed by atoms with Crippen LogP contribution in [-0.2, 0) is 20.2 Å². The number of anilines is 2. The molecule has 5 rings (SSSR count). The summed E-state index contributed by atoms with van der Waals surface area (Å²) in [6.45, 7) is 0. The topological polar surface area (TPSA) is 128 Å². The first kappa shape index (κ1) is 26.7. The molecule has 0 aliphatic rings. The van der Waals surface area contributed by atoms with Gasteiger partial charge in [-0.05, 0) is 47.9 Å². The van der Waals surface area contributed by atoms with Gasteiger partial charge in [0.25, 0.3) is 0 Å². The zero-order chi connectivity index (χ0) is 28.2. The number of hydrogen-bond acceptors (Lipinski definition) is 7. The predicted molar refractivity (Wildman–Crippen MR) is 152 cm³/mol. The minimum atomic E-state index is -4.27. The molecule has 0 unspecified atom stereocenters. The first-order valence-electron chi connectivity index (χ1n) is 11.9. The number of amides is 2.